The van der Waals surface area contributed by atoms with Crippen molar-refractivity contribution in [3.63, 3.8) is 0 Å². The Kier molecular flexibility index (Phi) is 3.90. The molecule has 0 spiro atoms. The second-order valence-corrected chi connectivity index (χ2v) is 3.94. The highest BCUT2D eigenvalue weighted by Gasteiger charge is 2.05. The molecular formula is C10H14BrNO. The summed E-state index contributed by atoms with van der Waals surface area (Å²) in [5.41, 5.74) is 3.90. The fourth-order valence-electron chi connectivity index (χ4n) is 1.31. The first-order valence-electron chi connectivity index (χ1n) is 4.23. The zero-order valence-corrected chi connectivity index (χ0v) is 9.52. The second-order valence-electron chi connectivity index (χ2n) is 3.09. The van der Waals surface area contributed by atoms with Crippen LogP contribution in [0.15, 0.2) is 16.6 Å². The third-order valence-corrected chi connectivity index (χ3v) is 3.02. The van der Waals surface area contributed by atoms with E-state index in [0.29, 0.717) is 6.61 Å². The summed E-state index contributed by atoms with van der Waals surface area (Å²) in [6.45, 7) is 4.78. The normalized spacial score (nSPS) is 10.5. The van der Waals surface area contributed by atoms with Gasteiger partial charge in [-0.2, -0.15) is 0 Å². The Balaban J connectivity index is 2.96. The molecule has 0 aliphatic carbocycles. The van der Waals surface area contributed by atoms with Crippen molar-refractivity contribution >= 4 is 15.9 Å². The molecule has 0 saturated carbocycles. The summed E-state index contributed by atoms with van der Waals surface area (Å²) >= 11 is 3.52. The van der Waals surface area contributed by atoms with E-state index in [-0.39, 0.29) is 0 Å². The molecule has 2 N–H and O–H groups in total. The van der Waals surface area contributed by atoms with Gasteiger partial charge in [0.05, 0.1) is 6.61 Å². The van der Waals surface area contributed by atoms with Crippen LogP contribution in [0.5, 0.6) is 0 Å². The van der Waals surface area contributed by atoms with Crippen LogP contribution in [0.3, 0.4) is 0 Å². The van der Waals surface area contributed by atoms with Crippen molar-refractivity contribution in [2.24, 2.45) is 5.90 Å². The number of hydrogen-bond donors (Lipinski definition) is 1. The molecule has 1 rings (SSSR count). The Morgan fingerprint density at radius 3 is 2.69 bits per heavy atom. The molecule has 0 atom stereocenters. The lowest BCUT2D eigenvalue weighted by molar-refractivity contribution is 0.141. The van der Waals surface area contributed by atoms with Crippen molar-refractivity contribution in [2.45, 2.75) is 20.3 Å². The molecule has 3 heteroatoms. The Labute approximate surface area is 87.2 Å². The van der Waals surface area contributed by atoms with Crippen LogP contribution in [-0.4, -0.2) is 6.61 Å². The quantitative estimate of drug-likeness (QED) is 0.829. The minimum absolute atomic E-state index is 0.558. The van der Waals surface area contributed by atoms with E-state index in [0.717, 1.165) is 10.9 Å². The van der Waals surface area contributed by atoms with Gasteiger partial charge in [-0.15, -0.1) is 0 Å². The average molecular weight is 244 g/mol. The lowest BCUT2D eigenvalue weighted by Crippen LogP contribution is -2.05. The van der Waals surface area contributed by atoms with Gasteiger partial charge in [0.1, 0.15) is 0 Å². The summed E-state index contributed by atoms with van der Waals surface area (Å²) in [7, 11) is 0. The molecule has 0 radical (unpaired) electrons. The first-order chi connectivity index (χ1) is 6.16. The van der Waals surface area contributed by atoms with Crippen molar-refractivity contribution in [3.8, 4) is 0 Å². The molecule has 2 nitrogen and oxygen atoms in total. The van der Waals surface area contributed by atoms with E-state index in [1.54, 1.807) is 0 Å². The minimum atomic E-state index is 0.558. The molecule has 1 aromatic carbocycles. The number of hydrogen-bond acceptors (Lipinski definition) is 2. The first-order valence-corrected chi connectivity index (χ1v) is 5.02. The monoisotopic (exact) mass is 243 g/mol. The third kappa shape index (κ3) is 2.53. The van der Waals surface area contributed by atoms with Crippen LogP contribution in [0.4, 0.5) is 0 Å². The Hall–Kier alpha value is -0.380. The van der Waals surface area contributed by atoms with Gasteiger partial charge in [0, 0.05) is 4.47 Å². The lowest BCUT2D eigenvalue weighted by atomic mass is 10.0. The fraction of sp³-hybridized carbons (Fsp3) is 0.400. The van der Waals surface area contributed by atoms with Gasteiger partial charge in [0.2, 0.25) is 0 Å². The smallest absolute Gasteiger partial charge is 0.0720 e. The van der Waals surface area contributed by atoms with Gasteiger partial charge < -0.3 is 4.84 Å². The molecule has 0 heterocycles. The van der Waals surface area contributed by atoms with E-state index in [4.69, 9.17) is 5.90 Å². The van der Waals surface area contributed by atoms with Crippen molar-refractivity contribution < 1.29 is 4.84 Å². The fourth-order valence-corrected chi connectivity index (χ4v) is 1.94. The summed E-state index contributed by atoms with van der Waals surface area (Å²) in [6.07, 6.45) is 0.852. The van der Waals surface area contributed by atoms with Crippen LogP contribution >= 0.6 is 15.9 Å². The van der Waals surface area contributed by atoms with Crippen LogP contribution in [0.2, 0.25) is 0 Å². The third-order valence-electron chi connectivity index (χ3n) is 2.28. The molecule has 0 aromatic heterocycles. The van der Waals surface area contributed by atoms with E-state index in [1.165, 1.54) is 16.7 Å². The van der Waals surface area contributed by atoms with Gasteiger partial charge >= 0.3 is 0 Å². The van der Waals surface area contributed by atoms with Crippen molar-refractivity contribution in [1.29, 1.82) is 0 Å². The second kappa shape index (κ2) is 4.74. The maximum absolute atomic E-state index is 5.00. The van der Waals surface area contributed by atoms with Gasteiger partial charge in [-0.3, -0.25) is 0 Å². The average Bonchev–Trinajstić information content (AvgIpc) is 2.12. The summed E-state index contributed by atoms with van der Waals surface area (Å²) in [4.78, 5) is 4.57. The van der Waals surface area contributed by atoms with E-state index in [9.17, 15) is 0 Å². The van der Waals surface area contributed by atoms with Gasteiger partial charge in [-0.1, -0.05) is 22.0 Å². The molecule has 1 aromatic rings. The first kappa shape index (κ1) is 10.7. The van der Waals surface area contributed by atoms with Crippen molar-refractivity contribution in [2.75, 3.05) is 6.61 Å². The van der Waals surface area contributed by atoms with Crippen LogP contribution < -0.4 is 5.90 Å². The van der Waals surface area contributed by atoms with Crippen molar-refractivity contribution in [3.05, 3.63) is 33.3 Å². The van der Waals surface area contributed by atoms with Gasteiger partial charge in [-0.25, -0.2) is 5.90 Å². The maximum atomic E-state index is 5.00. The highest BCUT2D eigenvalue weighted by atomic mass is 79.9. The Morgan fingerprint density at radius 1 is 1.38 bits per heavy atom. The van der Waals surface area contributed by atoms with Crippen LogP contribution in [-0.2, 0) is 11.3 Å². The number of aryl methyl sites for hydroxylation is 1. The van der Waals surface area contributed by atoms with Gasteiger partial charge in [0.25, 0.3) is 0 Å². The summed E-state index contributed by atoms with van der Waals surface area (Å²) in [5, 5.41) is 0. The van der Waals surface area contributed by atoms with Crippen LogP contribution in [0.25, 0.3) is 0 Å². The topological polar surface area (TPSA) is 35.2 Å². The van der Waals surface area contributed by atoms with Crippen LogP contribution in [0.1, 0.15) is 16.7 Å². The molecule has 0 unspecified atom stereocenters. The molecule has 0 bridgehead atoms. The van der Waals surface area contributed by atoms with Gasteiger partial charge in [0.15, 0.2) is 0 Å². The largest absolute Gasteiger partial charge is 0.304 e. The highest BCUT2D eigenvalue weighted by molar-refractivity contribution is 9.10. The Morgan fingerprint density at radius 2 is 2.08 bits per heavy atom. The van der Waals surface area contributed by atoms with E-state index in [2.05, 4.69) is 46.7 Å². The number of nitrogens with two attached hydrogens (primary N) is 1. The molecule has 0 saturated heterocycles. The van der Waals surface area contributed by atoms with Crippen molar-refractivity contribution in [1.82, 2.24) is 0 Å². The molecule has 72 valence electrons. The predicted octanol–water partition coefficient (Wildman–Crippen LogP) is 2.50. The SMILES string of the molecule is Cc1ccc(Br)c(CCON)c1C. The molecule has 13 heavy (non-hydrogen) atoms. The number of benzene rings is 1. The molecular weight excluding hydrogens is 230 g/mol. The number of halogens is 1. The van der Waals surface area contributed by atoms with Gasteiger partial charge in [-0.05, 0) is 43.0 Å². The predicted molar refractivity (Wildman–Crippen MR) is 57.5 cm³/mol. The molecule has 0 aliphatic rings. The zero-order valence-electron chi connectivity index (χ0n) is 7.93. The molecule has 0 aliphatic heterocycles. The van der Waals surface area contributed by atoms with E-state index in [1.807, 2.05) is 0 Å². The lowest BCUT2D eigenvalue weighted by Gasteiger charge is -2.10. The zero-order chi connectivity index (χ0) is 9.84. The summed E-state index contributed by atoms with van der Waals surface area (Å²) in [6, 6.07) is 4.17. The molecule has 0 fully saturated rings. The Bertz CT molecular complexity index is 299. The van der Waals surface area contributed by atoms with E-state index < -0.39 is 0 Å². The highest BCUT2D eigenvalue weighted by Crippen LogP contribution is 2.23. The number of rotatable bonds is 3. The standard InChI is InChI=1S/C10H14BrNO/c1-7-3-4-10(11)9(8(7)2)5-6-13-12/h3-4H,5-6,12H2,1-2H3. The summed E-state index contributed by atoms with van der Waals surface area (Å²) in [5.74, 6) is 5.00. The van der Waals surface area contributed by atoms with Crippen LogP contribution in [0, 0.1) is 13.8 Å². The maximum Gasteiger partial charge on any atom is 0.0720 e. The molecule has 0 amide bonds. The minimum Gasteiger partial charge on any atom is -0.304 e. The van der Waals surface area contributed by atoms with E-state index >= 15 is 0 Å². The summed E-state index contributed by atoms with van der Waals surface area (Å²) < 4.78 is 1.13.